The van der Waals surface area contributed by atoms with E-state index < -0.39 is 11.9 Å². The lowest BCUT2D eigenvalue weighted by atomic mass is 10.0. The molecule has 1 aromatic carbocycles. The number of hydrogen-bond donors (Lipinski definition) is 2. The van der Waals surface area contributed by atoms with E-state index in [9.17, 15) is 9.59 Å². The predicted octanol–water partition coefficient (Wildman–Crippen LogP) is 0.995. The molecule has 1 atom stereocenters. The molecule has 1 aliphatic heterocycles. The Bertz CT molecular complexity index is 502. The highest BCUT2D eigenvalue weighted by atomic mass is 16.4. The first-order valence-electron chi connectivity index (χ1n) is 6.88. The molecule has 1 saturated heterocycles. The van der Waals surface area contributed by atoms with Gasteiger partial charge in [-0.1, -0.05) is 18.2 Å². The number of likely N-dealkylation sites (N-methyl/N-ethyl adjacent to an activating group) is 1. The molecule has 2 N–H and O–H groups in total. The van der Waals surface area contributed by atoms with Crippen molar-refractivity contribution in [3.05, 3.63) is 35.4 Å². The van der Waals surface area contributed by atoms with Crippen molar-refractivity contribution >= 4 is 11.9 Å². The van der Waals surface area contributed by atoms with Gasteiger partial charge in [0, 0.05) is 18.7 Å². The van der Waals surface area contributed by atoms with Crippen molar-refractivity contribution in [3.8, 4) is 0 Å². The van der Waals surface area contributed by atoms with Crippen molar-refractivity contribution in [2.45, 2.75) is 12.8 Å². The van der Waals surface area contributed by atoms with Gasteiger partial charge in [0.25, 0.3) is 5.91 Å². The van der Waals surface area contributed by atoms with Gasteiger partial charge in [0.1, 0.15) is 0 Å². The maximum Gasteiger partial charge on any atom is 0.308 e. The zero-order valence-electron chi connectivity index (χ0n) is 11.6. The van der Waals surface area contributed by atoms with Crippen molar-refractivity contribution < 1.29 is 14.7 Å². The van der Waals surface area contributed by atoms with E-state index in [1.807, 2.05) is 31.3 Å². The van der Waals surface area contributed by atoms with Crippen LogP contribution in [0.4, 0.5) is 0 Å². The third-order valence-electron chi connectivity index (χ3n) is 3.72. The van der Waals surface area contributed by atoms with E-state index in [4.69, 9.17) is 5.11 Å². The van der Waals surface area contributed by atoms with Crippen LogP contribution in [0.15, 0.2) is 24.3 Å². The molecule has 2 rings (SSSR count). The normalized spacial score (nSPS) is 18.2. The van der Waals surface area contributed by atoms with Gasteiger partial charge in [0.05, 0.1) is 5.92 Å². The monoisotopic (exact) mass is 276 g/mol. The number of carbonyl (C=O) groups excluding carboxylic acids is 1. The minimum atomic E-state index is -0.816. The summed E-state index contributed by atoms with van der Waals surface area (Å²) in [5, 5.41) is 12.1. The van der Waals surface area contributed by atoms with Crippen molar-refractivity contribution in [1.82, 2.24) is 10.2 Å². The Hall–Kier alpha value is -1.88. The molecule has 1 aromatic rings. The number of amides is 1. The third kappa shape index (κ3) is 3.17. The molecule has 1 aliphatic rings. The molecule has 0 aliphatic carbocycles. The number of hydrogen-bond acceptors (Lipinski definition) is 3. The fourth-order valence-electron chi connectivity index (χ4n) is 2.52. The maximum atomic E-state index is 12.5. The van der Waals surface area contributed by atoms with Crippen LogP contribution in [0.1, 0.15) is 22.3 Å². The van der Waals surface area contributed by atoms with E-state index in [0.717, 1.165) is 18.5 Å². The first-order valence-corrected chi connectivity index (χ1v) is 6.88. The molecule has 0 spiro atoms. The predicted molar refractivity (Wildman–Crippen MR) is 75.7 cm³/mol. The summed E-state index contributed by atoms with van der Waals surface area (Å²) in [7, 11) is 1.88. The number of carboxylic acid groups (broad SMARTS) is 1. The minimum absolute atomic E-state index is 0.0551. The highest BCUT2D eigenvalue weighted by Gasteiger charge is 2.31. The lowest BCUT2D eigenvalue weighted by molar-refractivity contribution is -0.141. The molecular formula is C15H20N2O3. The summed E-state index contributed by atoms with van der Waals surface area (Å²) in [6.07, 6.45) is 1.33. The van der Waals surface area contributed by atoms with E-state index >= 15 is 0 Å². The van der Waals surface area contributed by atoms with Crippen LogP contribution < -0.4 is 5.32 Å². The summed E-state index contributed by atoms with van der Waals surface area (Å²) < 4.78 is 0. The van der Waals surface area contributed by atoms with Crippen molar-refractivity contribution in [1.29, 1.82) is 0 Å². The summed E-state index contributed by atoms with van der Waals surface area (Å²) in [6.45, 7) is 1.65. The van der Waals surface area contributed by atoms with Crippen LogP contribution in [0.3, 0.4) is 0 Å². The first-order chi connectivity index (χ1) is 9.63. The number of carbonyl (C=O) groups is 2. The Kier molecular flexibility index (Phi) is 4.74. The van der Waals surface area contributed by atoms with Gasteiger partial charge in [0.15, 0.2) is 0 Å². The van der Waals surface area contributed by atoms with Gasteiger partial charge in [0.2, 0.25) is 0 Å². The second-order valence-electron chi connectivity index (χ2n) is 5.09. The Morgan fingerprint density at radius 2 is 2.15 bits per heavy atom. The minimum Gasteiger partial charge on any atom is -0.481 e. The lowest BCUT2D eigenvalue weighted by Crippen LogP contribution is -2.31. The standard InChI is InChI=1S/C15H20N2O3/c1-16-8-6-11-4-2-3-5-13(11)14(18)17-9-7-12(10-17)15(19)20/h2-5,12,16H,6-10H2,1H3,(H,19,20). The highest BCUT2D eigenvalue weighted by molar-refractivity contribution is 5.96. The average Bonchev–Trinajstić information content (AvgIpc) is 2.94. The zero-order chi connectivity index (χ0) is 14.5. The Balaban J connectivity index is 2.11. The molecule has 1 fully saturated rings. The number of likely N-dealkylation sites (tertiary alicyclic amines) is 1. The van der Waals surface area contributed by atoms with E-state index in [1.54, 1.807) is 4.90 Å². The molecule has 5 heteroatoms. The second-order valence-corrected chi connectivity index (χ2v) is 5.09. The van der Waals surface area contributed by atoms with Gasteiger partial charge in [-0.2, -0.15) is 0 Å². The van der Waals surface area contributed by atoms with Crippen LogP contribution in [0, 0.1) is 5.92 Å². The van der Waals surface area contributed by atoms with Gasteiger partial charge in [-0.3, -0.25) is 9.59 Å². The maximum absolute atomic E-state index is 12.5. The molecule has 0 aromatic heterocycles. The SMILES string of the molecule is CNCCc1ccccc1C(=O)N1CCC(C(=O)O)C1. The Morgan fingerprint density at radius 1 is 1.40 bits per heavy atom. The molecule has 0 bridgehead atoms. The number of carboxylic acids is 1. The fourth-order valence-corrected chi connectivity index (χ4v) is 2.52. The van der Waals surface area contributed by atoms with Crippen molar-refractivity contribution in [3.63, 3.8) is 0 Å². The summed E-state index contributed by atoms with van der Waals surface area (Å²) in [5.74, 6) is -1.30. The van der Waals surface area contributed by atoms with Crippen LogP contribution >= 0.6 is 0 Å². The number of rotatable bonds is 5. The van der Waals surface area contributed by atoms with Gasteiger partial charge < -0.3 is 15.3 Å². The third-order valence-corrected chi connectivity index (χ3v) is 3.72. The number of nitrogens with one attached hydrogen (secondary N) is 1. The first kappa shape index (κ1) is 14.5. The second kappa shape index (κ2) is 6.52. The molecule has 0 radical (unpaired) electrons. The van der Waals surface area contributed by atoms with Crippen LogP contribution in [-0.4, -0.2) is 48.6 Å². The van der Waals surface area contributed by atoms with Crippen LogP contribution in [0.5, 0.6) is 0 Å². The van der Waals surface area contributed by atoms with E-state index in [0.29, 0.717) is 25.1 Å². The Morgan fingerprint density at radius 3 is 2.80 bits per heavy atom. The molecule has 1 unspecified atom stereocenters. The summed E-state index contributed by atoms with van der Waals surface area (Å²) in [4.78, 5) is 25.1. The average molecular weight is 276 g/mol. The summed E-state index contributed by atoms with van der Waals surface area (Å²) in [6, 6.07) is 7.55. The molecule has 0 saturated carbocycles. The number of aliphatic carboxylic acids is 1. The van der Waals surface area contributed by atoms with Crippen LogP contribution in [0.2, 0.25) is 0 Å². The molecule has 1 amide bonds. The quantitative estimate of drug-likeness (QED) is 0.841. The van der Waals surface area contributed by atoms with Gasteiger partial charge in [-0.25, -0.2) is 0 Å². The van der Waals surface area contributed by atoms with E-state index in [2.05, 4.69) is 5.32 Å². The zero-order valence-corrected chi connectivity index (χ0v) is 11.6. The molecule has 1 heterocycles. The molecule has 20 heavy (non-hydrogen) atoms. The van der Waals surface area contributed by atoms with E-state index in [-0.39, 0.29) is 5.91 Å². The van der Waals surface area contributed by atoms with Gasteiger partial charge in [-0.15, -0.1) is 0 Å². The van der Waals surface area contributed by atoms with Crippen molar-refractivity contribution in [2.75, 3.05) is 26.7 Å². The molecule has 108 valence electrons. The number of benzene rings is 1. The van der Waals surface area contributed by atoms with Crippen molar-refractivity contribution in [2.24, 2.45) is 5.92 Å². The van der Waals surface area contributed by atoms with Crippen LogP contribution in [0.25, 0.3) is 0 Å². The largest absolute Gasteiger partial charge is 0.481 e. The van der Waals surface area contributed by atoms with E-state index in [1.165, 1.54) is 0 Å². The fraction of sp³-hybridized carbons (Fsp3) is 0.467. The summed E-state index contributed by atoms with van der Waals surface area (Å²) >= 11 is 0. The number of nitrogens with zero attached hydrogens (tertiary/aromatic N) is 1. The lowest BCUT2D eigenvalue weighted by Gasteiger charge is -2.18. The molecular weight excluding hydrogens is 256 g/mol. The topological polar surface area (TPSA) is 69.6 Å². The molecule has 5 nitrogen and oxygen atoms in total. The van der Waals surface area contributed by atoms with Gasteiger partial charge >= 0.3 is 5.97 Å². The van der Waals surface area contributed by atoms with Gasteiger partial charge in [-0.05, 0) is 38.1 Å². The van der Waals surface area contributed by atoms with Crippen LogP contribution in [-0.2, 0) is 11.2 Å². The summed E-state index contributed by atoms with van der Waals surface area (Å²) in [5.41, 5.74) is 1.69. The smallest absolute Gasteiger partial charge is 0.308 e. The highest BCUT2D eigenvalue weighted by Crippen LogP contribution is 2.20. The Labute approximate surface area is 118 Å².